The second-order valence-electron chi connectivity index (χ2n) is 5.86. The fourth-order valence-electron chi connectivity index (χ4n) is 2.96. The van der Waals surface area contributed by atoms with Crippen molar-refractivity contribution in [1.82, 2.24) is 20.0 Å². The summed E-state index contributed by atoms with van der Waals surface area (Å²) >= 11 is 6.79. The van der Waals surface area contributed by atoms with Gasteiger partial charge in [0.25, 0.3) is 0 Å². The molecule has 124 valence electrons. The highest BCUT2D eigenvalue weighted by Gasteiger charge is 2.20. The average molecular weight is 349 g/mol. The minimum Gasteiger partial charge on any atom is -0.245 e. The lowest BCUT2D eigenvalue weighted by atomic mass is 10.1. The van der Waals surface area contributed by atoms with Gasteiger partial charge in [-0.05, 0) is 6.42 Å². The molecule has 2 aromatic heterocycles. The van der Waals surface area contributed by atoms with Gasteiger partial charge in [0, 0.05) is 17.7 Å². The van der Waals surface area contributed by atoms with Crippen LogP contribution < -0.4 is 0 Å². The Morgan fingerprint density at radius 2 is 1.44 bits per heavy atom. The minimum absolute atomic E-state index is 0.595. The predicted octanol–water partition coefficient (Wildman–Crippen LogP) is 5.22. The van der Waals surface area contributed by atoms with Gasteiger partial charge < -0.3 is 0 Å². The number of hydrogen-bond acceptors (Lipinski definition) is 3. The minimum atomic E-state index is 0.595. The van der Waals surface area contributed by atoms with Gasteiger partial charge in [-0.15, -0.1) is 10.2 Å². The zero-order valence-corrected chi connectivity index (χ0v) is 14.6. The lowest BCUT2D eigenvalue weighted by Gasteiger charge is -2.05. The fraction of sp³-hybridized carbons (Fsp3) is 0.150. The first-order chi connectivity index (χ1) is 12.3. The highest BCUT2D eigenvalue weighted by atomic mass is 35.5. The van der Waals surface area contributed by atoms with Crippen LogP contribution >= 0.6 is 11.6 Å². The van der Waals surface area contributed by atoms with E-state index in [0.717, 1.165) is 40.8 Å². The van der Waals surface area contributed by atoms with E-state index in [1.54, 1.807) is 0 Å². The molecule has 0 atom stereocenters. The van der Waals surface area contributed by atoms with E-state index in [4.69, 9.17) is 16.7 Å². The number of nitrogens with zero attached hydrogens (tertiary/aromatic N) is 4. The van der Waals surface area contributed by atoms with Crippen LogP contribution in [0.1, 0.15) is 13.3 Å². The molecular weight excluding hydrogens is 332 g/mol. The summed E-state index contributed by atoms with van der Waals surface area (Å²) in [6.07, 6.45) is 0.963. The maximum absolute atomic E-state index is 6.79. The Morgan fingerprint density at radius 3 is 2.04 bits per heavy atom. The van der Waals surface area contributed by atoms with Gasteiger partial charge in [0.05, 0.1) is 10.4 Å². The van der Waals surface area contributed by atoms with Gasteiger partial charge >= 0.3 is 0 Å². The third-order valence-electron chi connectivity index (χ3n) is 4.13. The van der Waals surface area contributed by atoms with Gasteiger partial charge in [-0.3, -0.25) is 0 Å². The third-order valence-corrected chi connectivity index (χ3v) is 4.50. The van der Waals surface area contributed by atoms with Gasteiger partial charge in [0.2, 0.25) is 0 Å². The number of benzene rings is 2. The lowest BCUT2D eigenvalue weighted by molar-refractivity contribution is 0.616. The fourth-order valence-corrected chi connectivity index (χ4v) is 3.28. The summed E-state index contributed by atoms with van der Waals surface area (Å²) < 4.78 is 1.89. The number of hydrogen-bond donors (Lipinski definition) is 0. The van der Waals surface area contributed by atoms with Crippen LogP contribution in [0.2, 0.25) is 5.02 Å². The van der Waals surface area contributed by atoms with Crippen LogP contribution in [0.25, 0.3) is 33.5 Å². The first-order valence-corrected chi connectivity index (χ1v) is 8.71. The van der Waals surface area contributed by atoms with Crippen LogP contribution in [0.5, 0.6) is 0 Å². The van der Waals surface area contributed by atoms with Crippen molar-refractivity contribution in [2.24, 2.45) is 0 Å². The molecule has 0 aliphatic heterocycles. The van der Waals surface area contributed by atoms with Crippen molar-refractivity contribution in [3.8, 4) is 22.5 Å². The molecular formula is C20H17ClN4. The van der Waals surface area contributed by atoms with Gasteiger partial charge in [0.15, 0.2) is 5.65 Å². The summed E-state index contributed by atoms with van der Waals surface area (Å²) in [5.74, 6) is 0. The summed E-state index contributed by atoms with van der Waals surface area (Å²) in [7, 11) is 0. The molecule has 4 aromatic rings. The Labute approximate surface area is 151 Å². The topological polar surface area (TPSA) is 43.6 Å². The highest BCUT2D eigenvalue weighted by Crippen LogP contribution is 2.37. The molecule has 0 unspecified atom stereocenters. The monoisotopic (exact) mass is 348 g/mol. The zero-order chi connectivity index (χ0) is 17.2. The summed E-state index contributed by atoms with van der Waals surface area (Å²) in [6.45, 7) is 2.89. The molecule has 2 aromatic carbocycles. The molecule has 0 saturated heterocycles. The molecule has 25 heavy (non-hydrogen) atoms. The van der Waals surface area contributed by atoms with Crippen LogP contribution in [-0.4, -0.2) is 20.0 Å². The van der Waals surface area contributed by atoms with Gasteiger partial charge in [0.1, 0.15) is 11.4 Å². The predicted molar refractivity (Wildman–Crippen MR) is 101 cm³/mol. The summed E-state index contributed by atoms with van der Waals surface area (Å²) in [5, 5.41) is 15.1. The molecule has 0 N–H and O–H groups in total. The SMILES string of the molecule is CCCn1nc(-c2ccccc2)c2c(Cl)c(-c3ccccc3)nnc21. The molecule has 5 heteroatoms. The standard InChI is InChI=1S/C20H17ClN4/c1-2-13-25-20-16(18(24-25)14-9-5-3-6-10-14)17(21)19(22-23-20)15-11-7-4-8-12-15/h3-12H,2,13H2,1H3. The summed E-state index contributed by atoms with van der Waals surface area (Å²) in [6, 6.07) is 20.0. The van der Waals surface area contributed by atoms with Crippen molar-refractivity contribution in [1.29, 1.82) is 0 Å². The van der Waals surface area contributed by atoms with Gasteiger partial charge in [-0.2, -0.15) is 5.10 Å². The van der Waals surface area contributed by atoms with E-state index in [2.05, 4.69) is 17.1 Å². The first kappa shape index (κ1) is 15.8. The maximum Gasteiger partial charge on any atom is 0.182 e. The van der Waals surface area contributed by atoms with Crippen molar-refractivity contribution in [2.75, 3.05) is 0 Å². The van der Waals surface area contributed by atoms with Crippen LogP contribution in [0.3, 0.4) is 0 Å². The largest absolute Gasteiger partial charge is 0.245 e. The maximum atomic E-state index is 6.79. The van der Waals surface area contributed by atoms with E-state index in [-0.39, 0.29) is 0 Å². The van der Waals surface area contributed by atoms with Crippen molar-refractivity contribution in [2.45, 2.75) is 19.9 Å². The normalized spacial score (nSPS) is 11.1. The molecule has 0 amide bonds. The van der Waals surface area contributed by atoms with Crippen molar-refractivity contribution < 1.29 is 0 Å². The van der Waals surface area contributed by atoms with E-state index in [9.17, 15) is 0 Å². The third kappa shape index (κ3) is 2.79. The molecule has 4 nitrogen and oxygen atoms in total. The smallest absolute Gasteiger partial charge is 0.182 e. The first-order valence-electron chi connectivity index (χ1n) is 8.33. The second-order valence-corrected chi connectivity index (χ2v) is 6.24. The molecule has 0 radical (unpaired) electrons. The number of rotatable bonds is 4. The second kappa shape index (κ2) is 6.65. The Morgan fingerprint density at radius 1 is 0.840 bits per heavy atom. The summed E-state index contributed by atoms with van der Waals surface area (Å²) in [5.41, 5.74) is 4.23. The Kier molecular flexibility index (Phi) is 4.20. The number of aryl methyl sites for hydroxylation is 1. The number of fused-ring (bicyclic) bond motifs is 1. The van der Waals surface area contributed by atoms with E-state index < -0.39 is 0 Å². The molecule has 0 saturated carbocycles. The van der Waals surface area contributed by atoms with Crippen LogP contribution in [0.4, 0.5) is 0 Å². The van der Waals surface area contributed by atoms with E-state index in [1.807, 2.05) is 65.3 Å². The average Bonchev–Trinajstić information content (AvgIpc) is 3.03. The molecule has 0 fully saturated rings. The Bertz CT molecular complexity index is 1010. The van der Waals surface area contributed by atoms with Crippen molar-refractivity contribution in [3.63, 3.8) is 0 Å². The van der Waals surface area contributed by atoms with E-state index >= 15 is 0 Å². The number of halogens is 1. The molecule has 0 spiro atoms. The van der Waals surface area contributed by atoms with Gasteiger partial charge in [-0.1, -0.05) is 79.2 Å². The Balaban J connectivity index is 2.01. The number of aromatic nitrogens is 4. The van der Waals surface area contributed by atoms with Crippen LogP contribution in [-0.2, 0) is 6.54 Å². The highest BCUT2D eigenvalue weighted by molar-refractivity contribution is 6.38. The van der Waals surface area contributed by atoms with E-state index in [0.29, 0.717) is 10.7 Å². The van der Waals surface area contributed by atoms with Crippen molar-refractivity contribution >= 4 is 22.6 Å². The van der Waals surface area contributed by atoms with Crippen LogP contribution in [0.15, 0.2) is 60.7 Å². The van der Waals surface area contributed by atoms with Crippen LogP contribution in [0, 0.1) is 0 Å². The molecule has 0 aliphatic rings. The molecule has 0 bridgehead atoms. The van der Waals surface area contributed by atoms with Crippen molar-refractivity contribution in [3.05, 3.63) is 65.7 Å². The lowest BCUT2D eigenvalue weighted by Crippen LogP contribution is -2.01. The van der Waals surface area contributed by atoms with Gasteiger partial charge in [-0.25, -0.2) is 4.68 Å². The molecule has 0 aliphatic carbocycles. The molecule has 2 heterocycles. The zero-order valence-electron chi connectivity index (χ0n) is 13.9. The quantitative estimate of drug-likeness (QED) is 0.507. The van der Waals surface area contributed by atoms with E-state index in [1.165, 1.54) is 0 Å². The summed E-state index contributed by atoms with van der Waals surface area (Å²) in [4.78, 5) is 0. The molecule has 4 rings (SSSR count). The Hall–Kier alpha value is -2.72.